The Balaban J connectivity index is 1.37. The predicted octanol–water partition coefficient (Wildman–Crippen LogP) is 2.16. The third kappa shape index (κ3) is 3.66. The van der Waals surface area contributed by atoms with Gasteiger partial charge >= 0.3 is 0 Å². The Kier molecular flexibility index (Phi) is 4.39. The fourth-order valence-electron chi connectivity index (χ4n) is 2.96. The van der Waals surface area contributed by atoms with E-state index in [0.717, 1.165) is 43.3 Å². The molecule has 0 amide bonds. The van der Waals surface area contributed by atoms with Crippen LogP contribution in [0, 0.1) is 6.92 Å². The highest BCUT2D eigenvalue weighted by Crippen LogP contribution is 2.20. The minimum atomic E-state index is 0.663. The normalized spacial score (nSPS) is 15.5. The Morgan fingerprint density at radius 3 is 2.36 bits per heavy atom. The van der Waals surface area contributed by atoms with Gasteiger partial charge in [-0.15, -0.1) is 20.4 Å². The molecule has 0 atom stereocenters. The van der Waals surface area contributed by atoms with Crippen LogP contribution >= 0.6 is 0 Å². The molecule has 0 unspecified atom stereocenters. The Hall–Kier alpha value is -2.80. The minimum Gasteiger partial charge on any atom is -0.427 e. The Labute approximate surface area is 146 Å². The maximum Gasteiger partial charge on any atom is 0.230 e. The van der Waals surface area contributed by atoms with E-state index >= 15 is 0 Å². The van der Waals surface area contributed by atoms with Crippen molar-refractivity contribution in [3.8, 4) is 11.3 Å². The summed E-state index contributed by atoms with van der Waals surface area (Å²) in [6.07, 6.45) is 1.37. The lowest BCUT2D eigenvalue weighted by molar-refractivity contribution is 0.225. The van der Waals surface area contributed by atoms with Crippen molar-refractivity contribution in [2.45, 2.75) is 13.5 Å². The topological polar surface area (TPSA) is 71.2 Å². The molecule has 4 rings (SSSR count). The van der Waals surface area contributed by atoms with E-state index in [2.05, 4.69) is 67.5 Å². The molecule has 0 radical (unpaired) electrons. The van der Waals surface area contributed by atoms with Crippen LogP contribution < -0.4 is 4.90 Å². The van der Waals surface area contributed by atoms with E-state index in [4.69, 9.17) is 4.42 Å². The highest BCUT2D eigenvalue weighted by atomic mass is 16.4. The van der Waals surface area contributed by atoms with Gasteiger partial charge in [0, 0.05) is 31.7 Å². The van der Waals surface area contributed by atoms with Crippen molar-refractivity contribution in [2.75, 3.05) is 31.1 Å². The van der Waals surface area contributed by atoms with Gasteiger partial charge in [-0.05, 0) is 19.1 Å². The Morgan fingerprint density at radius 2 is 1.72 bits per heavy atom. The predicted molar refractivity (Wildman–Crippen MR) is 94.0 cm³/mol. The highest BCUT2D eigenvalue weighted by Gasteiger charge is 2.19. The molecule has 25 heavy (non-hydrogen) atoms. The first kappa shape index (κ1) is 15.7. The monoisotopic (exact) mass is 336 g/mol. The number of benzene rings is 1. The van der Waals surface area contributed by atoms with Gasteiger partial charge in [0.2, 0.25) is 12.3 Å². The third-order valence-corrected chi connectivity index (χ3v) is 4.46. The molecule has 7 nitrogen and oxygen atoms in total. The van der Waals surface area contributed by atoms with Crippen molar-refractivity contribution in [1.82, 2.24) is 25.3 Å². The molecule has 1 saturated heterocycles. The molecule has 1 aliphatic heterocycles. The summed E-state index contributed by atoms with van der Waals surface area (Å²) in [5, 5.41) is 16.5. The number of anilines is 1. The summed E-state index contributed by atoms with van der Waals surface area (Å²) in [5.41, 5.74) is 3.24. The van der Waals surface area contributed by atoms with E-state index in [1.807, 2.05) is 6.07 Å². The molecule has 3 heterocycles. The smallest absolute Gasteiger partial charge is 0.230 e. The van der Waals surface area contributed by atoms with Crippen molar-refractivity contribution in [2.24, 2.45) is 0 Å². The van der Waals surface area contributed by atoms with Crippen molar-refractivity contribution >= 4 is 5.82 Å². The van der Waals surface area contributed by atoms with Crippen LogP contribution in [0.1, 0.15) is 11.5 Å². The molecule has 1 aliphatic rings. The van der Waals surface area contributed by atoms with E-state index in [0.29, 0.717) is 12.4 Å². The van der Waals surface area contributed by atoms with E-state index in [1.165, 1.54) is 12.0 Å². The zero-order valence-corrected chi connectivity index (χ0v) is 14.2. The summed E-state index contributed by atoms with van der Waals surface area (Å²) in [7, 11) is 0. The molecule has 7 heteroatoms. The van der Waals surface area contributed by atoms with Crippen LogP contribution in [0.4, 0.5) is 5.82 Å². The second-order valence-electron chi connectivity index (χ2n) is 6.24. The lowest BCUT2D eigenvalue weighted by Gasteiger charge is -2.34. The van der Waals surface area contributed by atoms with E-state index < -0.39 is 0 Å². The lowest BCUT2D eigenvalue weighted by Crippen LogP contribution is -2.46. The molecule has 1 aromatic carbocycles. The molecule has 0 saturated carbocycles. The molecule has 0 aliphatic carbocycles. The van der Waals surface area contributed by atoms with Crippen LogP contribution in [0.2, 0.25) is 0 Å². The lowest BCUT2D eigenvalue weighted by atomic mass is 10.1. The molecular weight excluding hydrogens is 316 g/mol. The summed E-state index contributed by atoms with van der Waals surface area (Å²) in [6, 6.07) is 12.4. The summed E-state index contributed by atoms with van der Waals surface area (Å²) in [4.78, 5) is 4.56. The van der Waals surface area contributed by atoms with Gasteiger partial charge in [-0.1, -0.05) is 29.8 Å². The number of aryl methyl sites for hydroxylation is 1. The van der Waals surface area contributed by atoms with Gasteiger partial charge in [-0.25, -0.2) is 0 Å². The first-order chi connectivity index (χ1) is 12.3. The first-order valence-electron chi connectivity index (χ1n) is 8.41. The summed E-state index contributed by atoms with van der Waals surface area (Å²) in [6.45, 7) is 6.47. The highest BCUT2D eigenvalue weighted by molar-refractivity contribution is 5.60. The number of rotatable bonds is 4. The van der Waals surface area contributed by atoms with Crippen LogP contribution in [0.25, 0.3) is 11.3 Å². The van der Waals surface area contributed by atoms with Crippen LogP contribution in [0.15, 0.2) is 47.2 Å². The molecule has 128 valence electrons. The van der Waals surface area contributed by atoms with Gasteiger partial charge in [0.1, 0.15) is 0 Å². The number of hydrogen-bond donors (Lipinski definition) is 0. The second kappa shape index (κ2) is 6.98. The molecule has 2 aromatic heterocycles. The Morgan fingerprint density at radius 1 is 0.920 bits per heavy atom. The molecule has 3 aromatic rings. The van der Waals surface area contributed by atoms with Crippen molar-refractivity contribution in [1.29, 1.82) is 0 Å². The third-order valence-electron chi connectivity index (χ3n) is 4.46. The fraction of sp³-hybridized carbons (Fsp3) is 0.333. The maximum atomic E-state index is 5.21. The minimum absolute atomic E-state index is 0.663. The maximum absolute atomic E-state index is 5.21. The molecule has 0 bridgehead atoms. The quantitative estimate of drug-likeness (QED) is 0.723. The number of hydrogen-bond acceptors (Lipinski definition) is 7. The number of aromatic nitrogens is 4. The van der Waals surface area contributed by atoms with Crippen molar-refractivity contribution < 1.29 is 4.42 Å². The average molecular weight is 336 g/mol. The van der Waals surface area contributed by atoms with Gasteiger partial charge in [0.25, 0.3) is 0 Å². The molecule has 1 fully saturated rings. The van der Waals surface area contributed by atoms with Gasteiger partial charge in [-0.2, -0.15) is 0 Å². The average Bonchev–Trinajstić information content (AvgIpc) is 3.16. The molecular formula is C18H20N6O. The van der Waals surface area contributed by atoms with Gasteiger partial charge in [-0.3, -0.25) is 4.90 Å². The van der Waals surface area contributed by atoms with Crippen molar-refractivity contribution in [3.05, 3.63) is 54.2 Å². The summed E-state index contributed by atoms with van der Waals surface area (Å²) >= 11 is 0. The molecule has 0 N–H and O–H groups in total. The standard InChI is InChI=1S/C18H20N6O/c1-14-2-4-15(5-3-14)16-6-7-17(21-20-16)24-10-8-23(9-11-24)12-18-22-19-13-25-18/h2-7,13H,8-12H2,1H3. The summed E-state index contributed by atoms with van der Waals surface area (Å²) in [5.74, 6) is 1.59. The number of piperazine rings is 1. The first-order valence-corrected chi connectivity index (χ1v) is 8.41. The fourth-order valence-corrected chi connectivity index (χ4v) is 2.96. The SMILES string of the molecule is Cc1ccc(-c2ccc(N3CCN(Cc4nnco4)CC3)nn2)cc1. The van der Waals surface area contributed by atoms with Crippen LogP contribution in [0.5, 0.6) is 0 Å². The molecule has 0 spiro atoms. The van der Waals surface area contributed by atoms with Crippen molar-refractivity contribution in [3.63, 3.8) is 0 Å². The second-order valence-corrected chi connectivity index (χ2v) is 6.24. The Bertz CT molecular complexity index is 793. The zero-order chi connectivity index (χ0) is 17.1. The van der Waals surface area contributed by atoms with Gasteiger partial charge < -0.3 is 9.32 Å². The van der Waals surface area contributed by atoms with Crippen LogP contribution in [0.3, 0.4) is 0 Å². The van der Waals surface area contributed by atoms with E-state index in [-0.39, 0.29) is 0 Å². The van der Waals surface area contributed by atoms with E-state index in [9.17, 15) is 0 Å². The largest absolute Gasteiger partial charge is 0.427 e. The van der Waals surface area contributed by atoms with Gasteiger partial charge in [0.15, 0.2) is 5.82 Å². The summed E-state index contributed by atoms with van der Waals surface area (Å²) < 4.78 is 5.21. The van der Waals surface area contributed by atoms with Gasteiger partial charge in [0.05, 0.1) is 12.2 Å². The zero-order valence-electron chi connectivity index (χ0n) is 14.2. The van der Waals surface area contributed by atoms with Crippen LogP contribution in [-0.4, -0.2) is 51.5 Å². The number of nitrogens with zero attached hydrogens (tertiary/aromatic N) is 6. The van der Waals surface area contributed by atoms with Crippen LogP contribution in [-0.2, 0) is 6.54 Å². The van der Waals surface area contributed by atoms with E-state index in [1.54, 1.807) is 0 Å².